The number of para-hydroxylation sites is 1. The standard InChI is InChI=1S/C13H11N3O2/c1-14-12(17)8-6-15-11-10(8)7-4-2-3-5-9(7)16-13(11)18/h2-6,15H,1H3,(H,14,17)(H,16,18). The summed E-state index contributed by atoms with van der Waals surface area (Å²) in [5.41, 5.74) is 1.40. The minimum absolute atomic E-state index is 0.211. The van der Waals surface area contributed by atoms with Gasteiger partial charge in [-0.25, -0.2) is 0 Å². The fraction of sp³-hybridized carbons (Fsp3) is 0.0769. The molecule has 0 aliphatic carbocycles. The lowest BCUT2D eigenvalue weighted by atomic mass is 10.1. The summed E-state index contributed by atoms with van der Waals surface area (Å²) in [5.74, 6) is -0.211. The van der Waals surface area contributed by atoms with Gasteiger partial charge < -0.3 is 15.3 Å². The van der Waals surface area contributed by atoms with Crippen molar-refractivity contribution in [2.75, 3.05) is 7.05 Å². The van der Waals surface area contributed by atoms with E-state index < -0.39 is 0 Å². The molecule has 0 aliphatic rings. The normalized spacial score (nSPS) is 10.9. The predicted octanol–water partition coefficient (Wildman–Crippen LogP) is 1.37. The molecule has 5 heteroatoms. The maximum atomic E-state index is 11.9. The number of amides is 1. The molecule has 0 radical (unpaired) electrons. The van der Waals surface area contributed by atoms with E-state index in [4.69, 9.17) is 0 Å². The van der Waals surface area contributed by atoms with Crippen molar-refractivity contribution in [2.24, 2.45) is 0 Å². The van der Waals surface area contributed by atoms with E-state index in [-0.39, 0.29) is 11.5 Å². The highest BCUT2D eigenvalue weighted by molar-refractivity contribution is 6.16. The Morgan fingerprint density at radius 1 is 1.28 bits per heavy atom. The van der Waals surface area contributed by atoms with Crippen molar-refractivity contribution < 1.29 is 4.79 Å². The van der Waals surface area contributed by atoms with Gasteiger partial charge in [0.15, 0.2) is 0 Å². The third-order valence-corrected chi connectivity index (χ3v) is 3.02. The van der Waals surface area contributed by atoms with Gasteiger partial charge in [0.1, 0.15) is 5.52 Å². The van der Waals surface area contributed by atoms with E-state index in [9.17, 15) is 9.59 Å². The molecule has 90 valence electrons. The van der Waals surface area contributed by atoms with Gasteiger partial charge in [0.05, 0.1) is 5.56 Å². The van der Waals surface area contributed by atoms with Crippen LogP contribution < -0.4 is 10.9 Å². The van der Waals surface area contributed by atoms with Crippen LogP contribution in [0.4, 0.5) is 0 Å². The topological polar surface area (TPSA) is 77.8 Å². The summed E-state index contributed by atoms with van der Waals surface area (Å²) in [4.78, 5) is 29.3. The Bertz CT molecular complexity index is 814. The molecule has 3 rings (SSSR count). The smallest absolute Gasteiger partial charge is 0.272 e. The summed E-state index contributed by atoms with van der Waals surface area (Å²) in [6.07, 6.45) is 1.56. The number of hydrogen-bond donors (Lipinski definition) is 3. The molecule has 0 spiro atoms. The maximum Gasteiger partial charge on any atom is 0.272 e. The molecule has 18 heavy (non-hydrogen) atoms. The minimum Gasteiger partial charge on any atom is -0.356 e. The second kappa shape index (κ2) is 3.73. The highest BCUT2D eigenvalue weighted by Crippen LogP contribution is 2.24. The van der Waals surface area contributed by atoms with Crippen LogP contribution >= 0.6 is 0 Å². The van der Waals surface area contributed by atoms with Gasteiger partial charge in [-0.05, 0) is 6.07 Å². The van der Waals surface area contributed by atoms with Crippen LogP contribution in [0.3, 0.4) is 0 Å². The van der Waals surface area contributed by atoms with Crippen LogP contribution in [0.5, 0.6) is 0 Å². The number of rotatable bonds is 1. The monoisotopic (exact) mass is 241 g/mol. The first-order valence-electron chi connectivity index (χ1n) is 5.56. The van der Waals surface area contributed by atoms with E-state index in [1.165, 1.54) is 0 Å². The predicted molar refractivity (Wildman–Crippen MR) is 69.8 cm³/mol. The lowest BCUT2D eigenvalue weighted by Gasteiger charge is -2.02. The van der Waals surface area contributed by atoms with Gasteiger partial charge >= 0.3 is 0 Å². The highest BCUT2D eigenvalue weighted by Gasteiger charge is 2.15. The number of nitrogens with one attached hydrogen (secondary N) is 3. The second-order valence-electron chi connectivity index (χ2n) is 4.03. The van der Waals surface area contributed by atoms with Gasteiger partial charge in [-0.15, -0.1) is 0 Å². The van der Waals surface area contributed by atoms with E-state index in [1.54, 1.807) is 13.2 Å². The molecule has 1 amide bonds. The number of carbonyl (C=O) groups is 1. The molecule has 3 N–H and O–H groups in total. The zero-order valence-corrected chi connectivity index (χ0v) is 9.70. The third kappa shape index (κ3) is 1.34. The summed E-state index contributed by atoms with van der Waals surface area (Å²) >= 11 is 0. The van der Waals surface area contributed by atoms with Crippen molar-refractivity contribution in [2.45, 2.75) is 0 Å². The summed E-state index contributed by atoms with van der Waals surface area (Å²) < 4.78 is 0. The Morgan fingerprint density at radius 2 is 2.06 bits per heavy atom. The maximum absolute atomic E-state index is 11.9. The van der Waals surface area contributed by atoms with E-state index in [0.717, 1.165) is 10.9 Å². The molecule has 0 saturated carbocycles. The Kier molecular flexibility index (Phi) is 2.19. The van der Waals surface area contributed by atoms with E-state index in [0.29, 0.717) is 16.5 Å². The average Bonchev–Trinajstić information content (AvgIpc) is 2.83. The van der Waals surface area contributed by atoms with E-state index in [2.05, 4.69) is 15.3 Å². The number of hydrogen-bond acceptors (Lipinski definition) is 2. The number of benzene rings is 1. The Balaban J connectivity index is 2.55. The number of aromatic amines is 2. The first kappa shape index (κ1) is 10.6. The van der Waals surface area contributed by atoms with Gasteiger partial charge in [-0.1, -0.05) is 18.2 Å². The Labute approximate surface area is 102 Å². The molecule has 2 heterocycles. The first-order chi connectivity index (χ1) is 8.72. The zero-order valence-electron chi connectivity index (χ0n) is 9.70. The van der Waals surface area contributed by atoms with Crippen LogP contribution in [0.15, 0.2) is 35.3 Å². The molecule has 3 aromatic rings. The fourth-order valence-electron chi connectivity index (χ4n) is 2.19. The molecule has 0 saturated heterocycles. The number of fused-ring (bicyclic) bond motifs is 3. The SMILES string of the molecule is CNC(=O)c1c[nH]c2c(=O)[nH]c3ccccc3c12. The van der Waals surface area contributed by atoms with Gasteiger partial charge in [0.2, 0.25) is 0 Å². The molecule has 5 nitrogen and oxygen atoms in total. The third-order valence-electron chi connectivity index (χ3n) is 3.02. The largest absolute Gasteiger partial charge is 0.356 e. The molecule has 2 aromatic heterocycles. The number of H-pyrrole nitrogens is 2. The Morgan fingerprint density at radius 3 is 2.83 bits per heavy atom. The zero-order chi connectivity index (χ0) is 12.7. The van der Waals surface area contributed by atoms with Crippen LogP contribution in [0.2, 0.25) is 0 Å². The van der Waals surface area contributed by atoms with Crippen molar-refractivity contribution in [1.82, 2.24) is 15.3 Å². The van der Waals surface area contributed by atoms with Crippen LogP contribution in [0.1, 0.15) is 10.4 Å². The average molecular weight is 241 g/mol. The quantitative estimate of drug-likeness (QED) is 0.601. The van der Waals surface area contributed by atoms with Crippen LogP contribution in [0.25, 0.3) is 21.8 Å². The lowest BCUT2D eigenvalue weighted by molar-refractivity contribution is 0.0965. The fourth-order valence-corrected chi connectivity index (χ4v) is 2.19. The molecule has 0 unspecified atom stereocenters. The molecule has 0 aliphatic heterocycles. The van der Waals surface area contributed by atoms with Gasteiger partial charge in [-0.2, -0.15) is 0 Å². The van der Waals surface area contributed by atoms with Crippen molar-refractivity contribution in [3.8, 4) is 0 Å². The van der Waals surface area contributed by atoms with Crippen LogP contribution in [-0.4, -0.2) is 22.9 Å². The lowest BCUT2D eigenvalue weighted by Crippen LogP contribution is -2.17. The molecule has 0 bridgehead atoms. The van der Waals surface area contributed by atoms with Crippen molar-refractivity contribution in [3.63, 3.8) is 0 Å². The molecular formula is C13H11N3O2. The van der Waals surface area contributed by atoms with Crippen molar-refractivity contribution in [1.29, 1.82) is 0 Å². The van der Waals surface area contributed by atoms with E-state index >= 15 is 0 Å². The van der Waals surface area contributed by atoms with Gasteiger partial charge in [0, 0.05) is 29.5 Å². The van der Waals surface area contributed by atoms with Gasteiger partial charge in [-0.3, -0.25) is 9.59 Å². The van der Waals surface area contributed by atoms with E-state index in [1.807, 2.05) is 24.3 Å². The molecular weight excluding hydrogens is 230 g/mol. The van der Waals surface area contributed by atoms with Crippen LogP contribution in [0, 0.1) is 0 Å². The summed E-state index contributed by atoms with van der Waals surface area (Å²) in [6.45, 7) is 0. The number of aromatic nitrogens is 2. The van der Waals surface area contributed by atoms with Crippen molar-refractivity contribution >= 4 is 27.7 Å². The summed E-state index contributed by atoms with van der Waals surface area (Å²) in [7, 11) is 1.57. The summed E-state index contributed by atoms with van der Waals surface area (Å²) in [5, 5.41) is 4.09. The Hall–Kier alpha value is -2.56. The number of carbonyl (C=O) groups excluding carboxylic acids is 1. The minimum atomic E-state index is -0.223. The summed E-state index contributed by atoms with van der Waals surface area (Å²) in [6, 6.07) is 7.42. The number of pyridine rings is 1. The highest BCUT2D eigenvalue weighted by atomic mass is 16.1. The van der Waals surface area contributed by atoms with Gasteiger partial charge in [0.25, 0.3) is 11.5 Å². The van der Waals surface area contributed by atoms with Crippen molar-refractivity contribution in [3.05, 3.63) is 46.4 Å². The van der Waals surface area contributed by atoms with Crippen LogP contribution in [-0.2, 0) is 0 Å². The molecule has 0 fully saturated rings. The first-order valence-corrected chi connectivity index (χ1v) is 5.56. The molecule has 0 atom stereocenters. The second-order valence-corrected chi connectivity index (χ2v) is 4.03. The molecule has 1 aromatic carbocycles.